The van der Waals surface area contributed by atoms with Gasteiger partial charge in [0.2, 0.25) is 0 Å². The number of hydrogen-bond acceptors (Lipinski definition) is 3. The lowest BCUT2D eigenvalue weighted by Gasteiger charge is -2.43. The van der Waals surface area contributed by atoms with E-state index in [-0.39, 0.29) is 22.0 Å². The third-order valence-corrected chi connectivity index (χ3v) is 5.49. The van der Waals surface area contributed by atoms with E-state index in [0.29, 0.717) is 24.2 Å². The molecule has 2 aliphatic rings. The second-order valence-corrected chi connectivity index (χ2v) is 7.25. The van der Waals surface area contributed by atoms with Crippen LogP contribution in [0.2, 0.25) is 5.02 Å². The fraction of sp³-hybridized carbons (Fsp3) is 0.300. The van der Waals surface area contributed by atoms with Gasteiger partial charge < -0.3 is 15.4 Å². The molecule has 2 amide bonds. The van der Waals surface area contributed by atoms with E-state index in [1.54, 1.807) is 18.2 Å². The zero-order valence-electron chi connectivity index (χ0n) is 14.4. The Hall–Kier alpha value is -2.78. The van der Waals surface area contributed by atoms with Gasteiger partial charge in [0.1, 0.15) is 17.6 Å². The average molecular weight is 386 g/mol. The third-order valence-electron chi connectivity index (χ3n) is 5.19. The van der Waals surface area contributed by atoms with Gasteiger partial charge in [-0.3, -0.25) is 0 Å². The maximum absolute atomic E-state index is 14.5. The first-order chi connectivity index (χ1) is 13.0. The number of para-hydroxylation sites is 1. The number of amides is 2. The van der Waals surface area contributed by atoms with Crippen molar-refractivity contribution in [2.24, 2.45) is 0 Å². The number of rotatable bonds is 2. The molecule has 0 saturated heterocycles. The second kappa shape index (κ2) is 6.75. The van der Waals surface area contributed by atoms with Gasteiger partial charge in [0.05, 0.1) is 21.8 Å². The van der Waals surface area contributed by atoms with Crippen LogP contribution in [-0.2, 0) is 5.54 Å². The molecule has 2 aromatic carbocycles. The molecular formula is C20H17ClFN3O2. The molecule has 2 N–H and O–H groups in total. The van der Waals surface area contributed by atoms with Crippen molar-refractivity contribution in [1.82, 2.24) is 5.32 Å². The van der Waals surface area contributed by atoms with Crippen LogP contribution in [0, 0.1) is 17.1 Å². The maximum Gasteiger partial charge on any atom is 0.320 e. The number of fused-ring (bicyclic) bond motifs is 2. The minimum absolute atomic E-state index is 0.128. The van der Waals surface area contributed by atoms with Crippen molar-refractivity contribution in [1.29, 1.82) is 5.26 Å². The van der Waals surface area contributed by atoms with Gasteiger partial charge >= 0.3 is 6.03 Å². The highest BCUT2D eigenvalue weighted by Gasteiger charge is 2.44. The highest BCUT2D eigenvalue weighted by molar-refractivity contribution is 6.32. The molecule has 1 saturated carbocycles. The predicted octanol–water partition coefficient (Wildman–Crippen LogP) is 5.44. The van der Waals surface area contributed by atoms with E-state index in [9.17, 15) is 14.4 Å². The van der Waals surface area contributed by atoms with Gasteiger partial charge in [-0.05, 0) is 37.1 Å². The Morgan fingerprint density at radius 2 is 1.96 bits per heavy atom. The van der Waals surface area contributed by atoms with Crippen molar-refractivity contribution < 1.29 is 13.9 Å². The number of halogens is 2. The molecule has 0 radical (unpaired) electrons. The number of nitriles is 1. The number of benzene rings is 2. The average Bonchev–Trinajstić information content (AvgIpc) is 2.66. The molecule has 1 aliphatic carbocycles. The SMILES string of the molecule is N#Cc1cccc(Cl)c1Oc1ccc(F)c2c1C1(CCCCC1)NC(=O)N2. The second-order valence-electron chi connectivity index (χ2n) is 6.85. The minimum Gasteiger partial charge on any atom is -0.454 e. The third kappa shape index (κ3) is 2.98. The van der Waals surface area contributed by atoms with E-state index in [0.717, 1.165) is 19.3 Å². The molecule has 0 aromatic heterocycles. The van der Waals surface area contributed by atoms with Gasteiger partial charge in [0, 0.05) is 5.56 Å². The van der Waals surface area contributed by atoms with Crippen LogP contribution in [0.25, 0.3) is 0 Å². The lowest BCUT2D eigenvalue weighted by atomic mass is 9.74. The number of carbonyl (C=O) groups excluding carboxylic acids is 1. The number of nitrogens with one attached hydrogen (secondary N) is 2. The summed E-state index contributed by atoms with van der Waals surface area (Å²) < 4.78 is 20.6. The molecule has 7 heteroatoms. The van der Waals surface area contributed by atoms with E-state index >= 15 is 0 Å². The van der Waals surface area contributed by atoms with Gasteiger partial charge in [0.15, 0.2) is 5.75 Å². The number of anilines is 1. The van der Waals surface area contributed by atoms with Crippen LogP contribution in [0.4, 0.5) is 14.9 Å². The number of nitrogens with zero attached hydrogens (tertiary/aromatic N) is 1. The first-order valence-electron chi connectivity index (χ1n) is 8.83. The summed E-state index contributed by atoms with van der Waals surface area (Å²) in [6.45, 7) is 0. The number of ether oxygens (including phenoxy) is 1. The van der Waals surface area contributed by atoms with Crippen molar-refractivity contribution in [3.8, 4) is 17.6 Å². The van der Waals surface area contributed by atoms with Crippen LogP contribution in [0.3, 0.4) is 0 Å². The Bertz CT molecular complexity index is 964. The molecule has 0 atom stereocenters. The van der Waals surface area contributed by atoms with E-state index in [1.807, 2.05) is 0 Å². The Morgan fingerprint density at radius 3 is 2.70 bits per heavy atom. The summed E-state index contributed by atoms with van der Waals surface area (Å²) in [5.74, 6) is 0.0838. The number of carbonyl (C=O) groups is 1. The molecule has 1 aliphatic heterocycles. The van der Waals surface area contributed by atoms with Gasteiger partial charge in [-0.2, -0.15) is 5.26 Å². The summed E-state index contributed by atoms with van der Waals surface area (Å²) in [6, 6.07) is 9.31. The van der Waals surface area contributed by atoms with E-state index in [2.05, 4.69) is 16.7 Å². The van der Waals surface area contributed by atoms with Crippen molar-refractivity contribution >= 4 is 23.3 Å². The fourth-order valence-electron chi connectivity index (χ4n) is 4.01. The standard InChI is InChI=1S/C20H17ClFN3O2/c21-13-6-4-5-12(11-23)18(13)27-15-8-7-14(22)17-16(15)20(25-19(26)24-17)9-2-1-3-10-20/h4-8H,1-3,9-10H2,(H2,24,25,26). The number of hydrogen-bond donors (Lipinski definition) is 2. The fourth-order valence-corrected chi connectivity index (χ4v) is 4.22. The minimum atomic E-state index is -0.693. The van der Waals surface area contributed by atoms with Crippen molar-refractivity contribution in [2.75, 3.05) is 5.32 Å². The molecule has 0 unspecified atom stereocenters. The molecule has 138 valence electrons. The Morgan fingerprint density at radius 1 is 1.19 bits per heavy atom. The summed E-state index contributed by atoms with van der Waals surface area (Å²) in [5.41, 5.74) is 0.293. The monoisotopic (exact) mass is 385 g/mol. The summed E-state index contributed by atoms with van der Waals surface area (Å²) >= 11 is 6.24. The summed E-state index contributed by atoms with van der Waals surface area (Å²) in [7, 11) is 0. The van der Waals surface area contributed by atoms with Crippen LogP contribution in [0.5, 0.6) is 11.5 Å². The van der Waals surface area contributed by atoms with Gasteiger partial charge in [0.25, 0.3) is 0 Å². The zero-order chi connectivity index (χ0) is 19.0. The summed E-state index contributed by atoms with van der Waals surface area (Å²) in [5, 5.41) is 15.2. The molecule has 27 heavy (non-hydrogen) atoms. The largest absolute Gasteiger partial charge is 0.454 e. The highest BCUT2D eigenvalue weighted by Crippen LogP contribution is 2.49. The topological polar surface area (TPSA) is 74.1 Å². The molecule has 1 fully saturated rings. The van der Waals surface area contributed by atoms with E-state index in [1.165, 1.54) is 12.1 Å². The van der Waals surface area contributed by atoms with Crippen LogP contribution in [0.1, 0.15) is 43.2 Å². The predicted molar refractivity (Wildman–Crippen MR) is 99.6 cm³/mol. The van der Waals surface area contributed by atoms with Gasteiger partial charge in [-0.15, -0.1) is 0 Å². The molecule has 1 heterocycles. The smallest absolute Gasteiger partial charge is 0.320 e. The maximum atomic E-state index is 14.5. The quantitative estimate of drug-likeness (QED) is 0.723. The van der Waals surface area contributed by atoms with E-state index in [4.69, 9.17) is 16.3 Å². The molecule has 2 aromatic rings. The molecule has 5 nitrogen and oxygen atoms in total. The molecule has 4 rings (SSSR count). The normalized spacial score (nSPS) is 17.4. The first-order valence-corrected chi connectivity index (χ1v) is 9.20. The molecule has 1 spiro atoms. The lowest BCUT2D eigenvalue weighted by Crippen LogP contribution is -2.53. The Kier molecular flexibility index (Phi) is 4.40. The lowest BCUT2D eigenvalue weighted by molar-refractivity contribution is 0.205. The van der Waals surface area contributed by atoms with Crippen molar-refractivity contribution in [3.05, 3.63) is 52.3 Å². The van der Waals surface area contributed by atoms with Crippen molar-refractivity contribution in [2.45, 2.75) is 37.6 Å². The highest BCUT2D eigenvalue weighted by atomic mass is 35.5. The summed E-state index contributed by atoms with van der Waals surface area (Å²) in [6.07, 6.45) is 4.30. The first kappa shape index (κ1) is 17.6. The van der Waals surface area contributed by atoms with Crippen LogP contribution in [0.15, 0.2) is 30.3 Å². The van der Waals surface area contributed by atoms with Crippen LogP contribution in [-0.4, -0.2) is 6.03 Å². The van der Waals surface area contributed by atoms with Gasteiger partial charge in [-0.25, -0.2) is 9.18 Å². The number of urea groups is 1. The Balaban J connectivity index is 1.88. The van der Waals surface area contributed by atoms with Crippen LogP contribution < -0.4 is 15.4 Å². The van der Waals surface area contributed by atoms with E-state index < -0.39 is 17.4 Å². The van der Waals surface area contributed by atoms with Crippen LogP contribution >= 0.6 is 11.6 Å². The van der Waals surface area contributed by atoms with Gasteiger partial charge in [-0.1, -0.05) is 36.9 Å². The summed E-state index contributed by atoms with van der Waals surface area (Å²) in [4.78, 5) is 12.2. The van der Waals surface area contributed by atoms with Crippen molar-refractivity contribution in [3.63, 3.8) is 0 Å². The zero-order valence-corrected chi connectivity index (χ0v) is 15.2. The molecule has 0 bridgehead atoms. The Labute approximate surface area is 161 Å². The molecular weight excluding hydrogens is 369 g/mol.